The van der Waals surface area contributed by atoms with Gasteiger partial charge in [-0.05, 0) is 42.0 Å². The molecule has 0 radical (unpaired) electrons. The predicted octanol–water partition coefficient (Wildman–Crippen LogP) is 2.34. The van der Waals surface area contributed by atoms with Crippen LogP contribution in [0.25, 0.3) is 0 Å². The summed E-state index contributed by atoms with van der Waals surface area (Å²) in [6.07, 6.45) is 1.52. The van der Waals surface area contributed by atoms with E-state index in [1.54, 1.807) is 31.4 Å². The van der Waals surface area contributed by atoms with Gasteiger partial charge in [0.1, 0.15) is 5.75 Å². The molecule has 2 aromatic carbocycles. The van der Waals surface area contributed by atoms with Crippen molar-refractivity contribution >= 4 is 34.0 Å². The summed E-state index contributed by atoms with van der Waals surface area (Å²) in [6.45, 7) is -0.166. The number of nitrogens with one attached hydrogen (secondary N) is 2. The molecule has 0 bridgehead atoms. The van der Waals surface area contributed by atoms with Crippen molar-refractivity contribution in [2.75, 3.05) is 13.7 Å². The fourth-order valence-electron chi connectivity index (χ4n) is 1.81. The smallest absolute Gasteiger partial charge is 0.259 e. The molecule has 0 aromatic heterocycles. The van der Waals surface area contributed by atoms with Gasteiger partial charge in [0.05, 0.1) is 19.9 Å². The van der Waals surface area contributed by atoms with Crippen molar-refractivity contribution < 1.29 is 14.3 Å². The fraction of sp³-hybridized carbons (Fsp3) is 0.118. The summed E-state index contributed by atoms with van der Waals surface area (Å²) in [5.74, 6) is -0.0990. The van der Waals surface area contributed by atoms with E-state index in [2.05, 4.69) is 31.8 Å². The van der Waals surface area contributed by atoms with Crippen LogP contribution in [-0.2, 0) is 4.79 Å². The number of carbonyl (C=O) groups excluding carboxylic acids is 2. The topological polar surface area (TPSA) is 79.8 Å². The lowest BCUT2D eigenvalue weighted by atomic mass is 10.2. The molecule has 2 rings (SSSR count). The molecule has 0 saturated heterocycles. The number of nitrogens with zero attached hydrogens (tertiary/aromatic N) is 1. The first kappa shape index (κ1) is 17.7. The Morgan fingerprint density at radius 2 is 1.96 bits per heavy atom. The van der Waals surface area contributed by atoms with Gasteiger partial charge in [0.25, 0.3) is 11.8 Å². The van der Waals surface area contributed by atoms with Crippen molar-refractivity contribution in [2.24, 2.45) is 5.10 Å². The summed E-state index contributed by atoms with van der Waals surface area (Å²) in [6, 6.07) is 14.1. The molecule has 0 spiro atoms. The van der Waals surface area contributed by atoms with Gasteiger partial charge >= 0.3 is 0 Å². The predicted molar refractivity (Wildman–Crippen MR) is 95.2 cm³/mol. The van der Waals surface area contributed by atoms with Crippen LogP contribution in [-0.4, -0.2) is 31.7 Å². The van der Waals surface area contributed by atoms with Gasteiger partial charge in [0.2, 0.25) is 0 Å². The zero-order valence-corrected chi connectivity index (χ0v) is 14.5. The first-order chi connectivity index (χ1) is 11.6. The Balaban J connectivity index is 1.78. The van der Waals surface area contributed by atoms with Gasteiger partial charge in [-0.15, -0.1) is 0 Å². The van der Waals surface area contributed by atoms with E-state index in [1.807, 2.05) is 24.3 Å². The number of carbonyl (C=O) groups is 2. The van der Waals surface area contributed by atoms with Crippen molar-refractivity contribution in [3.8, 4) is 5.75 Å². The molecule has 0 aliphatic rings. The minimum absolute atomic E-state index is 0.166. The van der Waals surface area contributed by atoms with E-state index in [1.165, 1.54) is 6.21 Å². The normalized spacial score (nSPS) is 10.4. The Kier molecular flexibility index (Phi) is 6.51. The van der Waals surface area contributed by atoms with Crippen LogP contribution in [0.2, 0.25) is 0 Å². The average Bonchev–Trinajstić information content (AvgIpc) is 2.60. The Morgan fingerprint density at radius 1 is 1.21 bits per heavy atom. The van der Waals surface area contributed by atoms with Gasteiger partial charge < -0.3 is 10.1 Å². The minimum Gasteiger partial charge on any atom is -0.497 e. The van der Waals surface area contributed by atoms with Gasteiger partial charge in [-0.2, -0.15) is 5.10 Å². The highest BCUT2D eigenvalue weighted by atomic mass is 79.9. The Bertz CT molecular complexity index is 745. The van der Waals surface area contributed by atoms with Crippen LogP contribution in [0.3, 0.4) is 0 Å². The molecule has 124 valence electrons. The molecular formula is C17H16BrN3O3. The number of hydrazone groups is 1. The van der Waals surface area contributed by atoms with Crippen LogP contribution in [0, 0.1) is 0 Å². The lowest BCUT2D eigenvalue weighted by Gasteiger charge is -2.05. The van der Waals surface area contributed by atoms with Gasteiger partial charge in [-0.25, -0.2) is 5.43 Å². The molecule has 0 atom stereocenters. The molecular weight excluding hydrogens is 374 g/mol. The van der Waals surface area contributed by atoms with Crippen molar-refractivity contribution in [3.63, 3.8) is 0 Å². The van der Waals surface area contributed by atoms with Gasteiger partial charge in [-0.3, -0.25) is 9.59 Å². The lowest BCUT2D eigenvalue weighted by Crippen LogP contribution is -2.34. The first-order valence-corrected chi connectivity index (χ1v) is 7.87. The van der Waals surface area contributed by atoms with Crippen molar-refractivity contribution in [2.45, 2.75) is 0 Å². The van der Waals surface area contributed by atoms with Gasteiger partial charge in [0.15, 0.2) is 0 Å². The number of hydrogen-bond acceptors (Lipinski definition) is 4. The summed E-state index contributed by atoms with van der Waals surface area (Å²) < 4.78 is 5.94. The van der Waals surface area contributed by atoms with E-state index < -0.39 is 5.91 Å². The minimum atomic E-state index is -0.414. The van der Waals surface area contributed by atoms with Crippen LogP contribution in [0.15, 0.2) is 58.1 Å². The fourth-order valence-corrected chi connectivity index (χ4v) is 2.23. The molecule has 7 heteroatoms. The molecule has 0 fully saturated rings. The second-order valence-electron chi connectivity index (χ2n) is 4.76. The molecule has 0 aliphatic carbocycles. The molecule has 0 aliphatic heterocycles. The Labute approximate surface area is 148 Å². The second-order valence-corrected chi connectivity index (χ2v) is 5.68. The molecule has 0 heterocycles. The number of ether oxygens (including phenoxy) is 1. The van der Waals surface area contributed by atoms with Crippen LogP contribution < -0.4 is 15.5 Å². The summed E-state index contributed by atoms with van der Waals surface area (Å²) in [4.78, 5) is 23.6. The Hall–Kier alpha value is -2.67. The monoisotopic (exact) mass is 389 g/mol. The first-order valence-electron chi connectivity index (χ1n) is 7.08. The number of hydrogen-bond donors (Lipinski definition) is 2. The van der Waals surface area contributed by atoms with Gasteiger partial charge in [-0.1, -0.05) is 28.1 Å². The van der Waals surface area contributed by atoms with E-state index in [4.69, 9.17) is 4.74 Å². The van der Waals surface area contributed by atoms with Crippen LogP contribution in [0.4, 0.5) is 0 Å². The van der Waals surface area contributed by atoms with Gasteiger partial charge in [0, 0.05) is 10.0 Å². The molecule has 2 aromatic rings. The number of halogens is 1. The highest BCUT2D eigenvalue weighted by molar-refractivity contribution is 9.10. The van der Waals surface area contributed by atoms with Crippen molar-refractivity contribution in [1.82, 2.24) is 10.7 Å². The van der Waals surface area contributed by atoms with Crippen LogP contribution in [0.1, 0.15) is 15.9 Å². The molecule has 0 unspecified atom stereocenters. The molecule has 0 saturated carbocycles. The zero-order valence-electron chi connectivity index (χ0n) is 13.0. The zero-order chi connectivity index (χ0) is 17.4. The second kappa shape index (κ2) is 8.83. The summed E-state index contributed by atoms with van der Waals surface area (Å²) >= 11 is 3.35. The number of benzene rings is 2. The number of methoxy groups -OCH3 is 1. The average molecular weight is 390 g/mol. The van der Waals surface area contributed by atoms with E-state index in [0.717, 1.165) is 10.0 Å². The maximum atomic E-state index is 11.9. The van der Waals surface area contributed by atoms with Crippen molar-refractivity contribution in [1.29, 1.82) is 0 Å². The van der Waals surface area contributed by atoms with E-state index in [-0.39, 0.29) is 12.5 Å². The van der Waals surface area contributed by atoms with E-state index in [9.17, 15) is 9.59 Å². The third kappa shape index (κ3) is 5.51. The summed E-state index contributed by atoms with van der Waals surface area (Å²) in [5.41, 5.74) is 3.64. The molecule has 2 N–H and O–H groups in total. The third-order valence-electron chi connectivity index (χ3n) is 3.01. The highest BCUT2D eigenvalue weighted by Gasteiger charge is 2.07. The third-order valence-corrected chi connectivity index (χ3v) is 3.51. The maximum Gasteiger partial charge on any atom is 0.259 e. The maximum absolute atomic E-state index is 11.9. The Morgan fingerprint density at radius 3 is 2.62 bits per heavy atom. The number of amides is 2. The van der Waals surface area contributed by atoms with E-state index >= 15 is 0 Å². The largest absolute Gasteiger partial charge is 0.497 e. The quantitative estimate of drug-likeness (QED) is 0.587. The lowest BCUT2D eigenvalue weighted by molar-refractivity contribution is -0.120. The van der Waals surface area contributed by atoms with Crippen LogP contribution >= 0.6 is 15.9 Å². The standard InChI is InChI=1S/C17H16BrN3O3/c1-24-15-7-5-13(6-8-15)17(23)19-11-16(22)21-20-10-12-3-2-4-14(18)9-12/h2-10H,11H2,1H3,(H,19,23)(H,21,22). The van der Waals surface area contributed by atoms with Crippen molar-refractivity contribution in [3.05, 3.63) is 64.1 Å². The summed E-state index contributed by atoms with van der Waals surface area (Å²) in [5, 5.41) is 6.36. The molecule has 24 heavy (non-hydrogen) atoms. The SMILES string of the molecule is COc1ccc(C(=O)NCC(=O)NN=Cc2cccc(Br)c2)cc1. The van der Waals surface area contributed by atoms with Crippen LogP contribution in [0.5, 0.6) is 5.75 Å². The summed E-state index contributed by atoms with van der Waals surface area (Å²) in [7, 11) is 1.55. The van der Waals surface area contributed by atoms with E-state index in [0.29, 0.717) is 11.3 Å². The highest BCUT2D eigenvalue weighted by Crippen LogP contribution is 2.11. The molecule has 6 nitrogen and oxygen atoms in total. The number of rotatable bonds is 6. The molecule has 2 amide bonds.